The molecule has 9 nitrogen and oxygen atoms in total. The highest BCUT2D eigenvalue weighted by molar-refractivity contribution is 7.86. The van der Waals surface area contributed by atoms with E-state index in [4.69, 9.17) is 23.1 Å². The summed E-state index contributed by atoms with van der Waals surface area (Å²) >= 11 is 0. The highest BCUT2D eigenvalue weighted by atomic mass is 32.2. The van der Waals surface area contributed by atoms with E-state index in [-0.39, 0.29) is 31.3 Å². The van der Waals surface area contributed by atoms with Crippen LogP contribution in [0.3, 0.4) is 0 Å². The summed E-state index contributed by atoms with van der Waals surface area (Å²) < 4.78 is 49.1. The molecule has 0 radical (unpaired) electrons. The summed E-state index contributed by atoms with van der Waals surface area (Å²) in [5.41, 5.74) is 0.965. The van der Waals surface area contributed by atoms with E-state index in [9.17, 15) is 18.3 Å². The number of benzene rings is 1. The van der Waals surface area contributed by atoms with Crippen molar-refractivity contribution in [1.82, 2.24) is 0 Å². The standard InChI is InChI=1S/C17H26O9S/c1-15-2-4-16(5-3-15)27(20,21)26-13-12-24-9-8-22-6-7-23-10-11-25-14-17(18)19/h2-5H,6-14H2,1H3,(H,18,19)/p-1. The number of ether oxygens (including phenoxy) is 4. The van der Waals surface area contributed by atoms with Gasteiger partial charge in [0, 0.05) is 0 Å². The predicted octanol–water partition coefficient (Wildman–Crippen LogP) is -0.483. The molecule has 0 saturated heterocycles. The molecule has 1 aromatic rings. The smallest absolute Gasteiger partial charge is 0.297 e. The van der Waals surface area contributed by atoms with Crippen LogP contribution >= 0.6 is 0 Å². The maximum atomic E-state index is 11.9. The Morgan fingerprint density at radius 3 is 1.74 bits per heavy atom. The Morgan fingerprint density at radius 1 is 0.815 bits per heavy atom. The molecule has 0 N–H and O–H groups in total. The lowest BCUT2D eigenvalue weighted by molar-refractivity contribution is -0.309. The van der Waals surface area contributed by atoms with E-state index in [1.807, 2.05) is 6.92 Å². The van der Waals surface area contributed by atoms with Crippen molar-refractivity contribution in [2.75, 3.05) is 59.5 Å². The third kappa shape index (κ3) is 11.7. The summed E-state index contributed by atoms with van der Waals surface area (Å²) in [6, 6.07) is 6.40. The molecule has 0 spiro atoms. The molecule has 0 aliphatic rings. The van der Waals surface area contributed by atoms with Crippen LogP contribution in [0.15, 0.2) is 29.2 Å². The molecule has 0 unspecified atom stereocenters. The van der Waals surface area contributed by atoms with E-state index in [0.717, 1.165) is 5.56 Å². The highest BCUT2D eigenvalue weighted by Crippen LogP contribution is 2.12. The Labute approximate surface area is 159 Å². The average molecular weight is 405 g/mol. The zero-order valence-corrected chi connectivity index (χ0v) is 16.1. The van der Waals surface area contributed by atoms with Gasteiger partial charge in [-0.05, 0) is 19.1 Å². The number of aryl methyl sites for hydroxylation is 1. The van der Waals surface area contributed by atoms with Crippen LogP contribution in [-0.2, 0) is 38.0 Å². The van der Waals surface area contributed by atoms with Gasteiger partial charge in [0.2, 0.25) is 0 Å². The molecule has 0 aromatic heterocycles. The first-order valence-corrected chi connectivity index (χ1v) is 9.79. The average Bonchev–Trinajstić information content (AvgIpc) is 2.62. The molecule has 27 heavy (non-hydrogen) atoms. The van der Waals surface area contributed by atoms with E-state index in [0.29, 0.717) is 26.4 Å². The predicted molar refractivity (Wildman–Crippen MR) is 92.6 cm³/mol. The molecule has 0 heterocycles. The van der Waals surface area contributed by atoms with Crippen LogP contribution in [0.5, 0.6) is 0 Å². The van der Waals surface area contributed by atoms with Crippen molar-refractivity contribution in [2.45, 2.75) is 11.8 Å². The number of carboxylic acids is 1. The molecule has 10 heteroatoms. The number of hydrogen-bond acceptors (Lipinski definition) is 9. The molecule has 0 saturated carbocycles. The summed E-state index contributed by atoms with van der Waals surface area (Å²) in [5, 5.41) is 10.1. The minimum atomic E-state index is -3.77. The Hall–Kier alpha value is -1.56. The largest absolute Gasteiger partial charge is 0.548 e. The van der Waals surface area contributed by atoms with Gasteiger partial charge in [0.1, 0.15) is 0 Å². The van der Waals surface area contributed by atoms with Crippen molar-refractivity contribution in [3.63, 3.8) is 0 Å². The SMILES string of the molecule is Cc1ccc(S(=O)(=O)OCCOCCOCCOCCOCC(=O)[O-])cc1. The van der Waals surface area contributed by atoms with Gasteiger partial charge in [-0.2, -0.15) is 8.42 Å². The van der Waals surface area contributed by atoms with Crippen LogP contribution < -0.4 is 5.11 Å². The number of aliphatic carboxylic acids is 1. The quantitative estimate of drug-likeness (QED) is 0.265. The van der Waals surface area contributed by atoms with Gasteiger partial charge in [-0.3, -0.25) is 4.18 Å². The Kier molecular flexibility index (Phi) is 11.8. The number of carboxylic acid groups (broad SMARTS) is 1. The molecule has 1 rings (SSSR count). The molecule has 154 valence electrons. The van der Waals surface area contributed by atoms with Crippen molar-refractivity contribution in [3.05, 3.63) is 29.8 Å². The number of hydrogen-bond donors (Lipinski definition) is 0. The maximum Gasteiger partial charge on any atom is 0.297 e. The van der Waals surface area contributed by atoms with E-state index in [1.54, 1.807) is 12.1 Å². The van der Waals surface area contributed by atoms with Gasteiger partial charge < -0.3 is 28.8 Å². The van der Waals surface area contributed by atoms with E-state index in [2.05, 4.69) is 0 Å². The first-order chi connectivity index (χ1) is 12.9. The van der Waals surface area contributed by atoms with Crippen molar-refractivity contribution in [3.8, 4) is 0 Å². The van der Waals surface area contributed by atoms with Crippen molar-refractivity contribution >= 4 is 16.1 Å². The monoisotopic (exact) mass is 405 g/mol. The second-order valence-corrected chi connectivity index (χ2v) is 6.97. The zero-order valence-electron chi connectivity index (χ0n) is 15.3. The van der Waals surface area contributed by atoms with Gasteiger partial charge in [0.05, 0.1) is 70.3 Å². The van der Waals surface area contributed by atoms with Gasteiger partial charge in [0.15, 0.2) is 0 Å². The number of carbonyl (C=O) groups excluding carboxylic acids is 1. The Bertz CT molecular complexity index is 628. The van der Waals surface area contributed by atoms with Crippen LogP contribution in [-0.4, -0.2) is 73.8 Å². The van der Waals surface area contributed by atoms with Crippen LogP contribution in [0.4, 0.5) is 0 Å². The Morgan fingerprint density at radius 2 is 1.26 bits per heavy atom. The van der Waals surface area contributed by atoms with Gasteiger partial charge in [-0.1, -0.05) is 17.7 Å². The van der Waals surface area contributed by atoms with Crippen molar-refractivity contribution in [1.29, 1.82) is 0 Å². The first-order valence-electron chi connectivity index (χ1n) is 8.39. The molecule has 0 aliphatic carbocycles. The van der Waals surface area contributed by atoms with Crippen LogP contribution in [0.25, 0.3) is 0 Å². The van der Waals surface area contributed by atoms with Crippen molar-refractivity contribution in [2.24, 2.45) is 0 Å². The molecule has 0 bridgehead atoms. The molecular weight excluding hydrogens is 380 g/mol. The molecule has 0 amide bonds. The zero-order chi connectivity index (χ0) is 20.0. The van der Waals surface area contributed by atoms with E-state index < -0.39 is 22.7 Å². The van der Waals surface area contributed by atoms with E-state index in [1.165, 1.54) is 12.1 Å². The Balaban J connectivity index is 1.93. The van der Waals surface area contributed by atoms with Crippen molar-refractivity contribution < 1.29 is 41.4 Å². The lowest BCUT2D eigenvalue weighted by atomic mass is 10.2. The summed E-state index contributed by atoms with van der Waals surface area (Å²) in [7, 11) is -3.77. The van der Waals surface area contributed by atoms with E-state index >= 15 is 0 Å². The summed E-state index contributed by atoms with van der Waals surface area (Å²) in [6.45, 7) is 3.21. The molecule has 0 fully saturated rings. The molecule has 1 aromatic carbocycles. The van der Waals surface area contributed by atoms with Crippen LogP contribution in [0.2, 0.25) is 0 Å². The third-order valence-corrected chi connectivity index (χ3v) is 4.44. The molecular formula is C17H25O9S-. The second kappa shape index (κ2) is 13.6. The fraction of sp³-hybridized carbons (Fsp3) is 0.588. The minimum Gasteiger partial charge on any atom is -0.548 e. The fourth-order valence-electron chi connectivity index (χ4n) is 1.79. The summed E-state index contributed by atoms with van der Waals surface area (Å²) in [4.78, 5) is 10.2. The lowest BCUT2D eigenvalue weighted by Crippen LogP contribution is -2.28. The van der Waals surface area contributed by atoms with Crippen LogP contribution in [0.1, 0.15) is 5.56 Å². The van der Waals surface area contributed by atoms with Gasteiger partial charge in [0.25, 0.3) is 10.1 Å². The summed E-state index contributed by atoms with van der Waals surface area (Å²) in [5.74, 6) is -1.27. The van der Waals surface area contributed by atoms with Gasteiger partial charge in [-0.15, -0.1) is 0 Å². The highest BCUT2D eigenvalue weighted by Gasteiger charge is 2.14. The fourth-order valence-corrected chi connectivity index (χ4v) is 2.68. The van der Waals surface area contributed by atoms with Gasteiger partial charge >= 0.3 is 0 Å². The topological polar surface area (TPSA) is 120 Å². The molecule has 0 aliphatic heterocycles. The molecule has 0 atom stereocenters. The van der Waals surface area contributed by atoms with Crippen LogP contribution in [0, 0.1) is 6.92 Å². The van der Waals surface area contributed by atoms with Gasteiger partial charge in [-0.25, -0.2) is 0 Å². The third-order valence-electron chi connectivity index (χ3n) is 3.11. The lowest BCUT2D eigenvalue weighted by Gasteiger charge is -2.08. The first kappa shape index (κ1) is 23.5. The number of rotatable bonds is 16. The normalized spacial score (nSPS) is 11.6. The summed E-state index contributed by atoms with van der Waals surface area (Å²) in [6.07, 6.45) is 0. The second-order valence-electron chi connectivity index (χ2n) is 5.35. The maximum absolute atomic E-state index is 11.9. The number of carbonyl (C=O) groups is 1. The minimum absolute atomic E-state index is 0.0782.